The van der Waals surface area contributed by atoms with Crippen LogP contribution in [0.25, 0.3) is 0 Å². The van der Waals surface area contributed by atoms with Crippen LogP contribution in [-0.4, -0.2) is 31.1 Å². The van der Waals surface area contributed by atoms with E-state index < -0.39 is 34.9 Å². The molecule has 2 fully saturated rings. The molecule has 3 rings (SSSR count). The van der Waals surface area contributed by atoms with Crippen molar-refractivity contribution in [3.8, 4) is 0 Å². The van der Waals surface area contributed by atoms with Gasteiger partial charge in [-0.2, -0.15) is 0 Å². The average Bonchev–Trinajstić information content (AvgIpc) is 3.29. The molecule has 0 bridgehead atoms. The Kier molecular flexibility index (Phi) is 7.58. The van der Waals surface area contributed by atoms with Gasteiger partial charge in [0.25, 0.3) is 0 Å². The zero-order valence-corrected chi connectivity index (χ0v) is 14.1. The average molecular weight is 375 g/mol. The highest BCUT2D eigenvalue weighted by Gasteiger charge is 2.35. The summed E-state index contributed by atoms with van der Waals surface area (Å²) in [6, 6.07) is -0.315. The van der Waals surface area contributed by atoms with Crippen LogP contribution in [0.4, 0.5) is 17.6 Å². The number of halogens is 6. The molecule has 2 nitrogen and oxygen atoms in total. The van der Waals surface area contributed by atoms with E-state index in [9.17, 15) is 17.6 Å². The minimum atomic E-state index is -1.32. The van der Waals surface area contributed by atoms with E-state index in [1.54, 1.807) is 0 Å². The van der Waals surface area contributed by atoms with Crippen molar-refractivity contribution in [1.29, 1.82) is 0 Å². The minimum absolute atomic E-state index is 0. The van der Waals surface area contributed by atoms with Crippen LogP contribution in [0.5, 0.6) is 0 Å². The predicted octanol–water partition coefficient (Wildman–Crippen LogP) is 3.83. The molecule has 1 saturated heterocycles. The molecule has 1 aliphatic carbocycles. The van der Waals surface area contributed by atoms with Gasteiger partial charge >= 0.3 is 0 Å². The molecule has 2 aliphatic rings. The maximum atomic E-state index is 14.1. The predicted molar refractivity (Wildman–Crippen MR) is 85.3 cm³/mol. The maximum absolute atomic E-state index is 14.1. The van der Waals surface area contributed by atoms with Gasteiger partial charge in [0.15, 0.2) is 23.3 Å². The molecule has 0 spiro atoms. The van der Waals surface area contributed by atoms with Crippen molar-refractivity contribution in [1.82, 2.24) is 10.2 Å². The Bertz CT molecular complexity index is 508. The van der Waals surface area contributed by atoms with E-state index in [1.807, 2.05) is 4.90 Å². The number of nitrogens with zero attached hydrogens (tertiary/aromatic N) is 1. The van der Waals surface area contributed by atoms with Gasteiger partial charge in [-0.25, -0.2) is 17.6 Å². The highest BCUT2D eigenvalue weighted by molar-refractivity contribution is 5.85. The Balaban J connectivity index is 0.00000132. The number of piperazine rings is 1. The standard InChI is InChI=1S/C15H18F4N2.2ClH/c16-10-8-11(17)15(19)13(14(10)18)12(7-9-1-2-9)21-5-3-20-4-6-21;;/h8-9,12,20H,1-7H2;2*1H/t12-;;/m0../s1. The van der Waals surface area contributed by atoms with Crippen molar-refractivity contribution in [2.24, 2.45) is 5.92 Å². The second-order valence-corrected chi connectivity index (χ2v) is 5.86. The second-order valence-electron chi connectivity index (χ2n) is 5.86. The Labute approximate surface area is 145 Å². The second kappa shape index (κ2) is 8.51. The van der Waals surface area contributed by atoms with Gasteiger partial charge in [-0.05, 0) is 12.3 Å². The SMILES string of the molecule is Cl.Cl.Fc1cc(F)c(F)c([C@H](CC2CC2)N2CCNCC2)c1F. The van der Waals surface area contributed by atoms with Gasteiger partial charge in [-0.15, -0.1) is 24.8 Å². The lowest BCUT2D eigenvalue weighted by Crippen LogP contribution is -2.45. The Morgan fingerprint density at radius 1 is 1.00 bits per heavy atom. The Morgan fingerprint density at radius 2 is 1.52 bits per heavy atom. The molecule has 1 heterocycles. The fourth-order valence-electron chi connectivity index (χ4n) is 3.00. The molecule has 1 aliphatic heterocycles. The fraction of sp³-hybridized carbons (Fsp3) is 0.600. The van der Waals surface area contributed by atoms with Crippen LogP contribution in [0.3, 0.4) is 0 Å². The summed E-state index contributed by atoms with van der Waals surface area (Å²) in [5.41, 5.74) is -0.443. The zero-order chi connectivity index (χ0) is 15.0. The summed E-state index contributed by atoms with van der Waals surface area (Å²) < 4.78 is 55.2. The molecule has 1 aromatic carbocycles. The van der Waals surface area contributed by atoms with Crippen molar-refractivity contribution in [2.45, 2.75) is 25.3 Å². The van der Waals surface area contributed by atoms with E-state index in [4.69, 9.17) is 0 Å². The lowest BCUT2D eigenvalue weighted by molar-refractivity contribution is 0.152. The molecule has 8 heteroatoms. The van der Waals surface area contributed by atoms with Crippen LogP contribution in [0.1, 0.15) is 30.9 Å². The van der Waals surface area contributed by atoms with Crippen molar-refractivity contribution in [3.63, 3.8) is 0 Å². The molecule has 0 radical (unpaired) electrons. The molecule has 0 aromatic heterocycles. The van der Waals surface area contributed by atoms with Crippen LogP contribution in [0.2, 0.25) is 0 Å². The normalized spacial score (nSPS) is 19.7. The first-order valence-corrected chi connectivity index (χ1v) is 7.35. The monoisotopic (exact) mass is 374 g/mol. The summed E-state index contributed by atoms with van der Waals surface area (Å²) in [5.74, 6) is -4.74. The number of benzene rings is 1. The van der Waals surface area contributed by atoms with Crippen molar-refractivity contribution < 1.29 is 17.6 Å². The Hall–Kier alpha value is -0.560. The van der Waals surface area contributed by atoms with E-state index in [0.717, 1.165) is 12.8 Å². The third-order valence-electron chi connectivity index (χ3n) is 4.32. The summed E-state index contributed by atoms with van der Waals surface area (Å²) in [7, 11) is 0. The third-order valence-corrected chi connectivity index (χ3v) is 4.32. The molecular weight excluding hydrogens is 355 g/mol. The quantitative estimate of drug-likeness (QED) is 0.636. The van der Waals surface area contributed by atoms with Gasteiger partial charge < -0.3 is 5.32 Å². The molecule has 1 N–H and O–H groups in total. The van der Waals surface area contributed by atoms with Gasteiger partial charge in [0.1, 0.15) is 0 Å². The van der Waals surface area contributed by atoms with Crippen LogP contribution < -0.4 is 5.32 Å². The minimum Gasteiger partial charge on any atom is -0.314 e. The van der Waals surface area contributed by atoms with Gasteiger partial charge in [0.05, 0.1) is 0 Å². The first-order valence-electron chi connectivity index (χ1n) is 7.35. The molecule has 23 heavy (non-hydrogen) atoms. The summed E-state index contributed by atoms with van der Waals surface area (Å²) in [6.45, 7) is 2.66. The van der Waals surface area contributed by atoms with E-state index in [-0.39, 0.29) is 30.9 Å². The van der Waals surface area contributed by atoms with Gasteiger partial charge in [-0.3, -0.25) is 4.90 Å². The number of rotatable bonds is 4. The van der Waals surface area contributed by atoms with Gasteiger partial charge in [0.2, 0.25) is 0 Å². The van der Waals surface area contributed by atoms with Crippen molar-refractivity contribution in [3.05, 3.63) is 34.9 Å². The van der Waals surface area contributed by atoms with Gasteiger partial charge in [-0.1, -0.05) is 12.8 Å². The van der Waals surface area contributed by atoms with Crippen LogP contribution in [0.15, 0.2) is 6.07 Å². The summed E-state index contributed by atoms with van der Waals surface area (Å²) in [5, 5.41) is 3.16. The van der Waals surface area contributed by atoms with Crippen LogP contribution in [0, 0.1) is 29.2 Å². The van der Waals surface area contributed by atoms with Crippen LogP contribution >= 0.6 is 24.8 Å². The van der Waals surface area contributed by atoms with Crippen LogP contribution in [-0.2, 0) is 0 Å². The highest BCUT2D eigenvalue weighted by Crippen LogP contribution is 2.42. The first-order chi connectivity index (χ1) is 10.1. The molecule has 0 unspecified atom stereocenters. The molecule has 1 aromatic rings. The first kappa shape index (κ1) is 20.5. The molecule has 132 valence electrons. The smallest absolute Gasteiger partial charge is 0.166 e. The lowest BCUT2D eigenvalue weighted by Gasteiger charge is -2.35. The maximum Gasteiger partial charge on any atom is 0.166 e. The van der Waals surface area contributed by atoms with Crippen molar-refractivity contribution >= 4 is 24.8 Å². The highest BCUT2D eigenvalue weighted by atomic mass is 35.5. The Morgan fingerprint density at radius 3 is 2.00 bits per heavy atom. The summed E-state index contributed by atoms with van der Waals surface area (Å²) in [6.07, 6.45) is 2.59. The largest absolute Gasteiger partial charge is 0.314 e. The molecular formula is C15H20Cl2F4N2. The summed E-state index contributed by atoms with van der Waals surface area (Å²) in [4.78, 5) is 1.93. The summed E-state index contributed by atoms with van der Waals surface area (Å²) >= 11 is 0. The fourth-order valence-corrected chi connectivity index (χ4v) is 3.00. The number of hydrogen-bond acceptors (Lipinski definition) is 2. The topological polar surface area (TPSA) is 15.3 Å². The number of hydrogen-bond donors (Lipinski definition) is 1. The van der Waals surface area contributed by atoms with E-state index >= 15 is 0 Å². The van der Waals surface area contributed by atoms with E-state index in [0.29, 0.717) is 38.5 Å². The zero-order valence-electron chi connectivity index (χ0n) is 12.5. The molecule has 1 saturated carbocycles. The number of nitrogens with one attached hydrogen (secondary N) is 1. The lowest BCUT2D eigenvalue weighted by atomic mass is 9.97. The van der Waals surface area contributed by atoms with Crippen molar-refractivity contribution in [2.75, 3.05) is 26.2 Å². The van der Waals surface area contributed by atoms with E-state index in [2.05, 4.69) is 5.32 Å². The molecule has 0 amide bonds. The van der Waals surface area contributed by atoms with E-state index in [1.165, 1.54) is 0 Å². The third kappa shape index (κ3) is 4.50. The van der Waals surface area contributed by atoms with Gasteiger partial charge in [0, 0.05) is 43.9 Å². The molecule has 1 atom stereocenters.